The fourth-order valence-corrected chi connectivity index (χ4v) is 4.03. The first kappa shape index (κ1) is 21.9. The van der Waals surface area contributed by atoms with Gasteiger partial charge in [-0.2, -0.15) is 4.36 Å². The molecule has 3 heterocycles. The topological polar surface area (TPSA) is 103 Å². The van der Waals surface area contributed by atoms with Crippen LogP contribution in [0.4, 0.5) is 17.2 Å². The van der Waals surface area contributed by atoms with Gasteiger partial charge in [-0.3, -0.25) is 8.98 Å². The van der Waals surface area contributed by atoms with Crippen LogP contribution in [0.5, 0.6) is 0 Å². The van der Waals surface area contributed by atoms with E-state index in [9.17, 15) is 9.00 Å². The molecule has 1 fully saturated rings. The van der Waals surface area contributed by atoms with Crippen molar-refractivity contribution in [2.75, 3.05) is 43.5 Å². The van der Waals surface area contributed by atoms with E-state index >= 15 is 0 Å². The van der Waals surface area contributed by atoms with Crippen molar-refractivity contribution in [2.24, 2.45) is 4.36 Å². The van der Waals surface area contributed by atoms with Crippen LogP contribution in [0.2, 0.25) is 0 Å². The molecule has 2 N–H and O–H groups in total. The van der Waals surface area contributed by atoms with Gasteiger partial charge in [0.2, 0.25) is 0 Å². The summed E-state index contributed by atoms with van der Waals surface area (Å²) in [7, 11) is -0.807. The smallest absolute Gasteiger partial charge is 0.270 e. The minimum Gasteiger partial charge on any atom is -0.380 e. The fourth-order valence-electron chi connectivity index (χ4n) is 3.66. The predicted octanol–water partition coefficient (Wildman–Crippen LogP) is 2.80. The number of H-pyrrole nitrogens is 1. The molecule has 168 valence electrons. The molecule has 0 saturated carbocycles. The summed E-state index contributed by atoms with van der Waals surface area (Å²) in [5.74, 6) is 0.840. The Labute approximate surface area is 189 Å². The van der Waals surface area contributed by atoms with Crippen LogP contribution in [-0.4, -0.2) is 64.3 Å². The van der Waals surface area contributed by atoms with Crippen LogP contribution in [0.25, 0.3) is 10.9 Å². The maximum atomic E-state index is 13.1. The van der Waals surface area contributed by atoms with Gasteiger partial charge in [0.05, 0.1) is 18.3 Å². The Balaban J connectivity index is 1.46. The number of carbonyl (C=O) groups is 1. The number of hydrogen-bond donors (Lipinski definition) is 3. The SMILES string of the molecule is CO[SH](=O)=Nc1c#cc2[nH]c(C(=O)N3CCN(c4ncccc4NC(C)C)CC3)cc2c1. The second kappa shape index (κ2) is 9.46. The Bertz CT molecular complexity index is 1190. The molecule has 3 aromatic rings. The summed E-state index contributed by atoms with van der Waals surface area (Å²) in [6.07, 6.45) is 1.79. The number of fused-ring (bicyclic) bond motifs is 1. The van der Waals surface area contributed by atoms with Crippen LogP contribution in [-0.2, 0) is 15.1 Å². The summed E-state index contributed by atoms with van der Waals surface area (Å²) in [6.45, 7) is 6.77. The van der Waals surface area contributed by atoms with Gasteiger partial charge in [-0.15, -0.1) is 0 Å². The zero-order valence-electron chi connectivity index (χ0n) is 18.3. The molecule has 0 bridgehead atoms. The summed E-state index contributed by atoms with van der Waals surface area (Å²) >= 11 is 0. The number of pyridine rings is 1. The normalized spacial score (nSPS) is 15.2. The lowest BCUT2D eigenvalue weighted by Crippen LogP contribution is -2.49. The highest BCUT2D eigenvalue weighted by molar-refractivity contribution is 7.69. The van der Waals surface area contributed by atoms with Gasteiger partial charge in [0.25, 0.3) is 5.91 Å². The summed E-state index contributed by atoms with van der Waals surface area (Å²) in [5.41, 5.74) is 2.50. The molecular formula is C22H26N6O3S. The number of anilines is 2. The average Bonchev–Trinajstić information content (AvgIpc) is 3.22. The second-order valence-electron chi connectivity index (χ2n) is 7.77. The van der Waals surface area contributed by atoms with Crippen molar-refractivity contribution in [1.29, 1.82) is 0 Å². The van der Waals surface area contributed by atoms with Gasteiger partial charge < -0.3 is 20.1 Å². The van der Waals surface area contributed by atoms with Crippen LogP contribution < -0.4 is 10.2 Å². The maximum Gasteiger partial charge on any atom is 0.270 e. The lowest BCUT2D eigenvalue weighted by molar-refractivity contribution is 0.0741. The molecule has 1 unspecified atom stereocenters. The molecule has 32 heavy (non-hydrogen) atoms. The van der Waals surface area contributed by atoms with Crippen LogP contribution in [0.1, 0.15) is 24.3 Å². The van der Waals surface area contributed by atoms with E-state index in [-0.39, 0.29) is 5.91 Å². The molecule has 1 aromatic carbocycles. The first-order valence-corrected chi connectivity index (χ1v) is 11.5. The highest BCUT2D eigenvalue weighted by atomic mass is 32.2. The first-order chi connectivity index (χ1) is 15.4. The van der Waals surface area contributed by atoms with E-state index in [1.807, 2.05) is 17.0 Å². The van der Waals surface area contributed by atoms with E-state index in [4.69, 9.17) is 0 Å². The second-order valence-corrected chi connectivity index (χ2v) is 8.81. The monoisotopic (exact) mass is 454 g/mol. The third-order valence-corrected chi connectivity index (χ3v) is 5.82. The Morgan fingerprint density at radius 2 is 2.06 bits per heavy atom. The van der Waals surface area contributed by atoms with E-state index in [0.717, 1.165) is 16.9 Å². The van der Waals surface area contributed by atoms with E-state index in [2.05, 4.69) is 54.7 Å². The van der Waals surface area contributed by atoms with E-state index < -0.39 is 10.9 Å². The molecule has 2 aromatic heterocycles. The number of nitrogens with zero attached hydrogens (tertiary/aromatic N) is 4. The van der Waals surface area contributed by atoms with Crippen molar-refractivity contribution >= 4 is 44.9 Å². The molecular weight excluding hydrogens is 428 g/mol. The molecule has 0 radical (unpaired) electrons. The highest BCUT2D eigenvalue weighted by Crippen LogP contribution is 2.25. The summed E-state index contributed by atoms with van der Waals surface area (Å²) in [5, 5.41) is 4.19. The molecule has 0 spiro atoms. The Morgan fingerprint density at radius 3 is 2.78 bits per heavy atom. The summed E-state index contributed by atoms with van der Waals surface area (Å²) in [4.78, 5) is 24.8. The molecule has 10 heteroatoms. The third-order valence-electron chi connectivity index (χ3n) is 5.13. The molecule has 1 aliphatic heterocycles. The lowest BCUT2D eigenvalue weighted by Gasteiger charge is -2.36. The number of aromatic amines is 1. The van der Waals surface area contributed by atoms with Crippen molar-refractivity contribution in [2.45, 2.75) is 19.9 Å². The van der Waals surface area contributed by atoms with Crippen LogP contribution in [0, 0.1) is 12.1 Å². The van der Waals surface area contributed by atoms with Gasteiger partial charge in [-0.25, -0.2) is 9.19 Å². The minimum absolute atomic E-state index is 0.0720. The van der Waals surface area contributed by atoms with Crippen molar-refractivity contribution in [3.05, 3.63) is 48.3 Å². The molecule has 1 aliphatic rings. The van der Waals surface area contributed by atoms with Gasteiger partial charge in [-0.1, -0.05) is 0 Å². The number of carbonyl (C=O) groups excluding carboxylic acids is 1. The first-order valence-electron chi connectivity index (χ1n) is 10.4. The quantitative estimate of drug-likeness (QED) is 0.495. The Kier molecular flexibility index (Phi) is 6.48. The molecule has 0 aliphatic carbocycles. The van der Waals surface area contributed by atoms with Crippen LogP contribution in [0.15, 0.2) is 34.8 Å². The minimum atomic E-state index is -2.13. The number of hydrogen-bond acceptors (Lipinski definition) is 7. The molecule has 1 atom stereocenters. The van der Waals surface area contributed by atoms with Crippen LogP contribution >= 0.6 is 0 Å². The molecule has 4 rings (SSSR count). The zero-order valence-corrected chi connectivity index (χ0v) is 19.1. The third kappa shape index (κ3) is 4.79. The van der Waals surface area contributed by atoms with Gasteiger partial charge in [0.15, 0.2) is 16.7 Å². The maximum absolute atomic E-state index is 13.1. The number of amides is 1. The fraction of sp³-hybridized carbons (Fsp3) is 0.364. The predicted molar refractivity (Wildman–Crippen MR) is 126 cm³/mol. The van der Waals surface area contributed by atoms with Crippen molar-refractivity contribution < 1.29 is 13.2 Å². The van der Waals surface area contributed by atoms with Gasteiger partial charge in [-0.05, 0) is 50.2 Å². The number of thiol groups is 1. The van der Waals surface area contributed by atoms with Gasteiger partial charge >= 0.3 is 0 Å². The molecule has 9 nitrogen and oxygen atoms in total. The van der Waals surface area contributed by atoms with Crippen LogP contribution in [0.3, 0.4) is 0 Å². The summed E-state index contributed by atoms with van der Waals surface area (Å²) < 4.78 is 20.1. The zero-order chi connectivity index (χ0) is 22.7. The lowest BCUT2D eigenvalue weighted by atomic mass is 10.2. The number of rotatable bonds is 6. The van der Waals surface area contributed by atoms with E-state index in [0.29, 0.717) is 49.1 Å². The van der Waals surface area contributed by atoms with E-state index in [1.165, 1.54) is 7.11 Å². The van der Waals surface area contributed by atoms with Gasteiger partial charge in [0.1, 0.15) is 11.4 Å². The Morgan fingerprint density at radius 1 is 1.28 bits per heavy atom. The summed E-state index contributed by atoms with van der Waals surface area (Å²) in [6, 6.07) is 13.5. The highest BCUT2D eigenvalue weighted by Gasteiger charge is 2.25. The van der Waals surface area contributed by atoms with Crippen molar-refractivity contribution in [1.82, 2.24) is 14.9 Å². The average molecular weight is 455 g/mol. The number of aromatic nitrogens is 2. The largest absolute Gasteiger partial charge is 0.380 e. The van der Waals surface area contributed by atoms with Crippen molar-refractivity contribution in [3.63, 3.8) is 0 Å². The van der Waals surface area contributed by atoms with E-state index in [1.54, 1.807) is 18.3 Å². The van der Waals surface area contributed by atoms with Gasteiger partial charge in [0, 0.05) is 43.8 Å². The number of piperazine rings is 1. The Hall–Kier alpha value is -3.29. The number of nitrogens with one attached hydrogen (secondary N) is 2. The molecule has 1 saturated heterocycles. The standard InChI is InChI=1S/C22H26N6O3S/c1-15(2)24-19-5-4-8-23-21(19)27-9-11-28(12-10-27)22(29)20-14-16-13-17(26-32(30)31-3)6-7-18(16)25-20/h4-5,8,13-15,24-25,32H,9-12H2,1-3H3. The van der Waals surface area contributed by atoms with Crippen molar-refractivity contribution in [3.8, 4) is 0 Å². The molecule has 1 amide bonds.